The van der Waals surface area contributed by atoms with Crippen LogP contribution in [-0.2, 0) is 16.1 Å². The van der Waals surface area contributed by atoms with Crippen molar-refractivity contribution in [3.05, 3.63) is 40.3 Å². The predicted molar refractivity (Wildman–Crippen MR) is 98.3 cm³/mol. The average Bonchev–Trinajstić information content (AvgIpc) is 2.63. The zero-order valence-corrected chi connectivity index (χ0v) is 15.6. The van der Waals surface area contributed by atoms with Gasteiger partial charge in [0.2, 0.25) is 0 Å². The van der Waals surface area contributed by atoms with Crippen molar-refractivity contribution in [3.8, 4) is 0 Å². The van der Waals surface area contributed by atoms with Crippen molar-refractivity contribution in [3.63, 3.8) is 0 Å². The zero-order chi connectivity index (χ0) is 20.1. The van der Waals surface area contributed by atoms with Crippen molar-refractivity contribution >= 4 is 28.7 Å². The van der Waals surface area contributed by atoms with E-state index in [1.54, 1.807) is 24.3 Å². The Kier molecular flexibility index (Phi) is 6.27. The van der Waals surface area contributed by atoms with Crippen LogP contribution in [0.25, 0.3) is 10.8 Å². The van der Waals surface area contributed by atoms with Gasteiger partial charge in [0.1, 0.15) is 0 Å². The fourth-order valence-electron chi connectivity index (χ4n) is 2.40. The number of esters is 1. The summed E-state index contributed by atoms with van der Waals surface area (Å²) < 4.78 is 6.36. The van der Waals surface area contributed by atoms with Gasteiger partial charge in [-0.1, -0.05) is 32.0 Å². The van der Waals surface area contributed by atoms with Gasteiger partial charge in [-0.05, 0) is 18.9 Å². The van der Waals surface area contributed by atoms with Crippen molar-refractivity contribution in [1.82, 2.24) is 20.4 Å². The molecule has 1 heterocycles. The topological polar surface area (TPSA) is 119 Å². The number of nitrogens with one attached hydrogen (secondary N) is 2. The van der Waals surface area contributed by atoms with Crippen LogP contribution in [0.5, 0.6) is 0 Å². The SMILES string of the molecule is CNC(=O)NC(=O)[C@@H](C)OC(=O)c1nn(CC(C)C)c(=O)c2ccccc12. The summed E-state index contributed by atoms with van der Waals surface area (Å²) >= 11 is 0. The average molecular weight is 374 g/mol. The predicted octanol–water partition coefficient (Wildman–Crippen LogP) is 1.05. The molecule has 0 bridgehead atoms. The Bertz CT molecular complexity index is 935. The van der Waals surface area contributed by atoms with Crippen LogP contribution in [0.4, 0.5) is 4.79 Å². The van der Waals surface area contributed by atoms with E-state index in [4.69, 9.17) is 4.74 Å². The van der Waals surface area contributed by atoms with E-state index in [0.29, 0.717) is 17.3 Å². The van der Waals surface area contributed by atoms with E-state index < -0.39 is 24.0 Å². The molecule has 0 aliphatic rings. The molecule has 9 heteroatoms. The first-order chi connectivity index (χ1) is 12.7. The number of carbonyl (C=O) groups excluding carboxylic acids is 3. The highest BCUT2D eigenvalue weighted by Crippen LogP contribution is 2.15. The number of ether oxygens (including phenoxy) is 1. The Balaban J connectivity index is 2.37. The van der Waals surface area contributed by atoms with Crippen LogP contribution in [0.15, 0.2) is 29.1 Å². The standard InChI is InChI=1S/C18H22N4O5/c1-10(2)9-22-16(24)13-8-6-5-7-12(13)14(21-22)17(25)27-11(3)15(23)20-18(26)19-4/h5-8,10-11H,9H2,1-4H3,(H2,19,20,23,26)/t11-/m1/s1. The Morgan fingerprint density at radius 1 is 1.15 bits per heavy atom. The Labute approximate surface area is 155 Å². The normalized spacial score (nSPS) is 11.9. The van der Waals surface area contributed by atoms with E-state index in [-0.39, 0.29) is 17.2 Å². The van der Waals surface area contributed by atoms with Crippen molar-refractivity contribution in [2.24, 2.45) is 5.92 Å². The minimum absolute atomic E-state index is 0.0644. The minimum atomic E-state index is -1.22. The van der Waals surface area contributed by atoms with Crippen LogP contribution in [-0.4, -0.2) is 40.8 Å². The monoisotopic (exact) mass is 374 g/mol. The van der Waals surface area contributed by atoms with Crippen molar-refractivity contribution < 1.29 is 19.1 Å². The molecule has 144 valence electrons. The third-order valence-electron chi connectivity index (χ3n) is 3.72. The molecule has 0 aliphatic heterocycles. The molecule has 0 spiro atoms. The minimum Gasteiger partial charge on any atom is -0.448 e. The van der Waals surface area contributed by atoms with Crippen molar-refractivity contribution in [1.29, 1.82) is 0 Å². The maximum atomic E-state index is 12.6. The van der Waals surface area contributed by atoms with Crippen LogP contribution in [0.3, 0.4) is 0 Å². The van der Waals surface area contributed by atoms with E-state index in [1.165, 1.54) is 18.7 Å². The quantitative estimate of drug-likeness (QED) is 0.755. The zero-order valence-electron chi connectivity index (χ0n) is 15.6. The number of nitrogens with zero attached hydrogens (tertiary/aromatic N) is 2. The van der Waals surface area contributed by atoms with Crippen molar-refractivity contribution in [2.75, 3.05) is 7.05 Å². The molecule has 27 heavy (non-hydrogen) atoms. The van der Waals surface area contributed by atoms with E-state index in [9.17, 15) is 19.2 Å². The van der Waals surface area contributed by atoms with E-state index in [1.807, 2.05) is 19.2 Å². The highest BCUT2D eigenvalue weighted by molar-refractivity contribution is 6.03. The molecular formula is C18H22N4O5. The fraction of sp³-hybridized carbons (Fsp3) is 0.389. The summed E-state index contributed by atoms with van der Waals surface area (Å²) in [5.74, 6) is -1.50. The summed E-state index contributed by atoms with van der Waals surface area (Å²) in [7, 11) is 1.35. The van der Waals surface area contributed by atoms with Gasteiger partial charge in [-0.3, -0.25) is 14.9 Å². The van der Waals surface area contributed by atoms with Crippen LogP contribution < -0.4 is 16.2 Å². The summed E-state index contributed by atoms with van der Waals surface area (Å²) in [6, 6.07) is 5.86. The van der Waals surface area contributed by atoms with Crippen LogP contribution in [0.1, 0.15) is 31.3 Å². The number of imide groups is 1. The summed E-state index contributed by atoms with van der Waals surface area (Å²) in [6.45, 7) is 5.51. The summed E-state index contributed by atoms with van der Waals surface area (Å²) in [6.07, 6.45) is -1.22. The number of hydrogen-bond donors (Lipinski definition) is 2. The van der Waals surface area contributed by atoms with E-state index >= 15 is 0 Å². The number of urea groups is 1. The Morgan fingerprint density at radius 3 is 2.37 bits per heavy atom. The van der Waals surface area contributed by atoms with Gasteiger partial charge >= 0.3 is 12.0 Å². The first kappa shape index (κ1) is 20.1. The molecular weight excluding hydrogens is 352 g/mol. The highest BCUT2D eigenvalue weighted by Gasteiger charge is 2.24. The van der Waals surface area contributed by atoms with Gasteiger partial charge in [-0.2, -0.15) is 5.10 Å². The Morgan fingerprint density at radius 2 is 1.78 bits per heavy atom. The molecule has 0 saturated carbocycles. The molecule has 0 saturated heterocycles. The highest BCUT2D eigenvalue weighted by atomic mass is 16.5. The lowest BCUT2D eigenvalue weighted by molar-refractivity contribution is -0.127. The summed E-state index contributed by atoms with van der Waals surface area (Å²) in [5, 5.41) is 9.08. The summed E-state index contributed by atoms with van der Waals surface area (Å²) in [5.41, 5.74) is -0.369. The van der Waals surface area contributed by atoms with Gasteiger partial charge in [0.05, 0.1) is 5.39 Å². The number of benzene rings is 1. The van der Waals surface area contributed by atoms with Gasteiger partial charge in [-0.25, -0.2) is 14.3 Å². The lowest BCUT2D eigenvalue weighted by Crippen LogP contribution is -2.43. The molecule has 1 aromatic heterocycles. The molecule has 3 amide bonds. The smallest absolute Gasteiger partial charge is 0.360 e. The molecule has 2 N–H and O–H groups in total. The molecule has 1 atom stereocenters. The largest absolute Gasteiger partial charge is 0.448 e. The van der Waals surface area contributed by atoms with E-state index in [0.717, 1.165) is 0 Å². The summed E-state index contributed by atoms with van der Waals surface area (Å²) in [4.78, 5) is 48.3. The molecule has 0 aliphatic carbocycles. The maximum absolute atomic E-state index is 12.6. The molecule has 1 aromatic carbocycles. The molecule has 2 rings (SSSR count). The van der Waals surface area contributed by atoms with Gasteiger partial charge in [0.25, 0.3) is 11.5 Å². The van der Waals surface area contributed by atoms with E-state index in [2.05, 4.69) is 10.4 Å². The third-order valence-corrected chi connectivity index (χ3v) is 3.72. The first-order valence-corrected chi connectivity index (χ1v) is 8.48. The molecule has 0 unspecified atom stereocenters. The van der Waals surface area contributed by atoms with Gasteiger partial charge in [-0.15, -0.1) is 0 Å². The fourth-order valence-corrected chi connectivity index (χ4v) is 2.40. The number of hydrogen-bond acceptors (Lipinski definition) is 6. The number of carbonyl (C=O) groups is 3. The first-order valence-electron chi connectivity index (χ1n) is 8.48. The number of rotatable bonds is 5. The van der Waals surface area contributed by atoms with Gasteiger partial charge in [0.15, 0.2) is 11.8 Å². The number of aromatic nitrogens is 2. The van der Waals surface area contributed by atoms with Gasteiger partial charge < -0.3 is 10.1 Å². The number of amides is 3. The second kappa shape index (κ2) is 8.43. The van der Waals surface area contributed by atoms with Crippen LogP contribution in [0, 0.1) is 5.92 Å². The second-order valence-electron chi connectivity index (χ2n) is 6.39. The van der Waals surface area contributed by atoms with Crippen LogP contribution >= 0.6 is 0 Å². The Hall–Kier alpha value is -3.23. The maximum Gasteiger partial charge on any atom is 0.360 e. The molecule has 0 fully saturated rings. The second-order valence-corrected chi connectivity index (χ2v) is 6.39. The third kappa shape index (κ3) is 4.69. The number of fused-ring (bicyclic) bond motifs is 1. The lowest BCUT2D eigenvalue weighted by Gasteiger charge is -2.15. The van der Waals surface area contributed by atoms with Gasteiger partial charge in [0, 0.05) is 19.0 Å². The molecule has 0 radical (unpaired) electrons. The lowest BCUT2D eigenvalue weighted by atomic mass is 10.1. The molecule has 9 nitrogen and oxygen atoms in total. The molecule has 2 aromatic rings. The van der Waals surface area contributed by atoms with Crippen LogP contribution in [0.2, 0.25) is 0 Å². The van der Waals surface area contributed by atoms with Crippen molar-refractivity contribution in [2.45, 2.75) is 33.4 Å².